The van der Waals surface area contributed by atoms with Crippen LogP contribution < -0.4 is 15.7 Å². The molecule has 0 saturated carbocycles. The first kappa shape index (κ1) is 24.2. The van der Waals surface area contributed by atoms with Crippen LogP contribution in [0.15, 0.2) is 91.0 Å². The molecule has 1 amide bonds. The second kappa shape index (κ2) is 12.0. The lowest BCUT2D eigenvalue weighted by molar-refractivity contribution is -0.141. The molecule has 33 heavy (non-hydrogen) atoms. The van der Waals surface area contributed by atoms with Gasteiger partial charge in [0.15, 0.2) is 0 Å². The Kier molecular flexibility index (Phi) is 8.81. The molecule has 0 aliphatic rings. The van der Waals surface area contributed by atoms with Crippen molar-refractivity contribution in [3.63, 3.8) is 0 Å². The van der Waals surface area contributed by atoms with Gasteiger partial charge in [0.25, 0.3) is 0 Å². The maximum Gasteiger partial charge on any atom is 0.408 e. The molecule has 2 unspecified atom stereocenters. The second-order valence-corrected chi connectivity index (χ2v) is 9.82. The zero-order chi connectivity index (χ0) is 23.5. The number of nitrogens with one attached hydrogen (secondary N) is 2. The van der Waals surface area contributed by atoms with E-state index in [0.29, 0.717) is 10.9 Å². The summed E-state index contributed by atoms with van der Waals surface area (Å²) in [5.41, 5.74) is 1.44. The van der Waals surface area contributed by atoms with Crippen LogP contribution >= 0.6 is 7.29 Å². The minimum atomic E-state index is -3.59. The molecule has 7 nitrogen and oxygen atoms in total. The van der Waals surface area contributed by atoms with Crippen molar-refractivity contribution in [2.75, 3.05) is 13.2 Å². The van der Waals surface area contributed by atoms with E-state index in [2.05, 4.69) is 10.4 Å². The first-order chi connectivity index (χ1) is 16.0. The summed E-state index contributed by atoms with van der Waals surface area (Å²) < 4.78 is 24.8. The minimum Gasteiger partial charge on any atom is -0.465 e. The highest BCUT2D eigenvalue weighted by atomic mass is 31.2. The first-order valence-corrected chi connectivity index (χ1v) is 12.4. The molecule has 8 heteroatoms. The monoisotopic (exact) mass is 466 g/mol. The molecule has 0 aliphatic heterocycles. The highest BCUT2D eigenvalue weighted by molar-refractivity contribution is 7.70. The van der Waals surface area contributed by atoms with Gasteiger partial charge < -0.3 is 14.8 Å². The third kappa shape index (κ3) is 6.78. The van der Waals surface area contributed by atoms with E-state index >= 15 is 0 Å². The van der Waals surface area contributed by atoms with Gasteiger partial charge in [0, 0.05) is 5.30 Å². The molecule has 2 atom stereocenters. The van der Waals surface area contributed by atoms with E-state index in [9.17, 15) is 14.2 Å². The molecule has 2 N–H and O–H groups in total. The van der Waals surface area contributed by atoms with Crippen LogP contribution in [0.4, 0.5) is 4.79 Å². The molecule has 172 valence electrons. The lowest BCUT2D eigenvalue weighted by Gasteiger charge is -2.29. The van der Waals surface area contributed by atoms with E-state index < -0.39 is 25.1 Å². The molecule has 3 aromatic carbocycles. The molecule has 0 aliphatic carbocycles. The molecule has 0 spiro atoms. The van der Waals surface area contributed by atoms with E-state index in [-0.39, 0.29) is 19.8 Å². The van der Waals surface area contributed by atoms with E-state index in [4.69, 9.17) is 9.47 Å². The largest absolute Gasteiger partial charge is 0.465 e. The van der Waals surface area contributed by atoms with E-state index in [1.165, 1.54) is 0 Å². The highest BCUT2D eigenvalue weighted by Gasteiger charge is 2.38. The summed E-state index contributed by atoms with van der Waals surface area (Å²) in [5, 5.41) is 6.11. The quantitative estimate of drug-likeness (QED) is 0.341. The zero-order valence-electron chi connectivity index (χ0n) is 18.3. The highest BCUT2D eigenvalue weighted by Crippen LogP contribution is 2.53. The van der Waals surface area contributed by atoms with Crippen LogP contribution in [-0.4, -0.2) is 25.2 Å². The Hall–Kier alpha value is -3.41. The van der Waals surface area contributed by atoms with Gasteiger partial charge in [0.2, 0.25) is 7.29 Å². The lowest BCUT2D eigenvalue weighted by Crippen LogP contribution is -2.37. The molecule has 3 aromatic rings. The first-order valence-electron chi connectivity index (χ1n) is 10.6. The number of esters is 1. The molecular formula is C25H27N2O5P. The topological polar surface area (TPSA) is 93.7 Å². The van der Waals surface area contributed by atoms with Crippen molar-refractivity contribution in [3.05, 3.63) is 102 Å². The Morgan fingerprint density at radius 1 is 0.848 bits per heavy atom. The average molecular weight is 466 g/mol. The molecule has 0 fully saturated rings. The molecule has 0 radical (unpaired) electrons. The molecule has 3 rings (SSSR count). The smallest absolute Gasteiger partial charge is 0.408 e. The van der Waals surface area contributed by atoms with Gasteiger partial charge in [-0.05, 0) is 18.1 Å². The van der Waals surface area contributed by atoms with Crippen molar-refractivity contribution in [1.82, 2.24) is 10.4 Å². The maximum absolute atomic E-state index is 14.4. The van der Waals surface area contributed by atoms with Gasteiger partial charge in [0.1, 0.15) is 18.9 Å². The average Bonchev–Trinajstić information content (AvgIpc) is 2.86. The Bertz CT molecular complexity index is 1080. The maximum atomic E-state index is 14.4. The standard InChI is InChI=1S/C25H27N2O5P/c1-2-31-23(28)18-26-33(30,22-16-10-5-11-17-22)24(21-14-8-4-9-15-21)27-25(29)32-19-20-12-6-3-7-13-20/h3-17,24H,2,18-19H2,1H3,(H,26,30)(H,27,29). The Morgan fingerprint density at radius 2 is 1.42 bits per heavy atom. The Balaban J connectivity index is 1.90. The lowest BCUT2D eigenvalue weighted by atomic mass is 10.2. The number of benzene rings is 3. The summed E-state index contributed by atoms with van der Waals surface area (Å²) >= 11 is 0. The van der Waals surface area contributed by atoms with Gasteiger partial charge >= 0.3 is 12.1 Å². The van der Waals surface area contributed by atoms with E-state index in [1.807, 2.05) is 36.4 Å². The summed E-state index contributed by atoms with van der Waals surface area (Å²) in [6, 6.07) is 26.9. The molecule has 0 aromatic heterocycles. The molecule has 0 saturated heterocycles. The van der Waals surface area contributed by atoms with Crippen LogP contribution in [0.5, 0.6) is 0 Å². The van der Waals surface area contributed by atoms with Gasteiger partial charge in [-0.25, -0.2) is 4.79 Å². The van der Waals surface area contributed by atoms with Crippen molar-refractivity contribution in [2.45, 2.75) is 19.3 Å². The number of carbonyl (C=O) groups is 2. The third-order valence-corrected chi connectivity index (χ3v) is 7.70. The summed E-state index contributed by atoms with van der Waals surface area (Å²) in [4.78, 5) is 24.8. The van der Waals surface area contributed by atoms with Crippen LogP contribution in [0.3, 0.4) is 0 Å². The number of alkyl carbamates (subject to hydrolysis) is 1. The van der Waals surface area contributed by atoms with Gasteiger partial charge in [-0.15, -0.1) is 0 Å². The second-order valence-electron chi connectivity index (χ2n) is 7.15. The van der Waals surface area contributed by atoms with Crippen LogP contribution in [-0.2, 0) is 25.4 Å². The molecular weight excluding hydrogens is 439 g/mol. The predicted octanol–water partition coefficient (Wildman–Crippen LogP) is 4.37. The van der Waals surface area contributed by atoms with Gasteiger partial charge in [-0.2, -0.15) is 0 Å². The molecule has 0 bridgehead atoms. The number of ether oxygens (including phenoxy) is 2. The number of hydrogen-bond acceptors (Lipinski definition) is 5. The van der Waals surface area contributed by atoms with Gasteiger partial charge in [-0.3, -0.25) is 14.4 Å². The summed E-state index contributed by atoms with van der Waals surface area (Å²) in [5.74, 6) is -1.51. The Labute approximate surface area is 193 Å². The van der Waals surface area contributed by atoms with Crippen molar-refractivity contribution in [1.29, 1.82) is 0 Å². The van der Waals surface area contributed by atoms with E-state index in [1.54, 1.807) is 61.5 Å². The number of rotatable bonds is 10. The van der Waals surface area contributed by atoms with Crippen LogP contribution in [0.25, 0.3) is 0 Å². The molecule has 0 heterocycles. The van der Waals surface area contributed by atoms with Crippen LogP contribution in [0.2, 0.25) is 0 Å². The summed E-state index contributed by atoms with van der Waals surface area (Å²) in [7, 11) is -3.59. The predicted molar refractivity (Wildman–Crippen MR) is 127 cm³/mol. The Morgan fingerprint density at radius 3 is 2.03 bits per heavy atom. The van der Waals surface area contributed by atoms with Gasteiger partial charge in [-0.1, -0.05) is 91.0 Å². The van der Waals surface area contributed by atoms with Crippen molar-refractivity contribution in [2.24, 2.45) is 0 Å². The van der Waals surface area contributed by atoms with Crippen LogP contribution in [0, 0.1) is 0 Å². The normalized spacial score (nSPS) is 13.4. The number of carbonyl (C=O) groups excluding carboxylic acids is 2. The summed E-state index contributed by atoms with van der Waals surface area (Å²) in [6.07, 6.45) is -0.721. The number of amides is 1. The van der Waals surface area contributed by atoms with Gasteiger partial charge in [0.05, 0.1) is 6.61 Å². The fourth-order valence-electron chi connectivity index (χ4n) is 3.27. The fourth-order valence-corrected chi connectivity index (χ4v) is 5.79. The third-order valence-electron chi connectivity index (χ3n) is 4.85. The van der Waals surface area contributed by atoms with Crippen molar-refractivity contribution in [3.8, 4) is 0 Å². The summed E-state index contributed by atoms with van der Waals surface area (Å²) in [6.45, 7) is 1.71. The van der Waals surface area contributed by atoms with Crippen LogP contribution in [0.1, 0.15) is 23.8 Å². The number of hydrogen-bond donors (Lipinski definition) is 2. The minimum absolute atomic E-state index is 0.0695. The van der Waals surface area contributed by atoms with Crippen molar-refractivity contribution >= 4 is 24.7 Å². The van der Waals surface area contributed by atoms with Crippen molar-refractivity contribution < 1.29 is 23.6 Å². The zero-order valence-corrected chi connectivity index (χ0v) is 19.2. The SMILES string of the molecule is CCOC(=O)CNP(=O)(c1ccccc1)C(NC(=O)OCc1ccccc1)c1ccccc1. The van der Waals surface area contributed by atoms with E-state index in [0.717, 1.165) is 5.56 Å². The fraction of sp³-hybridized carbons (Fsp3) is 0.200.